The van der Waals surface area contributed by atoms with Crippen molar-refractivity contribution in [1.29, 1.82) is 0 Å². The zero-order valence-corrected chi connectivity index (χ0v) is 14.0. The fourth-order valence-corrected chi connectivity index (χ4v) is 4.01. The van der Waals surface area contributed by atoms with Crippen molar-refractivity contribution in [3.63, 3.8) is 0 Å². The molecule has 0 aliphatic carbocycles. The molecule has 3 rings (SSSR count). The van der Waals surface area contributed by atoms with E-state index in [1.165, 1.54) is 12.5 Å². The highest BCUT2D eigenvalue weighted by Crippen LogP contribution is 2.37. The summed E-state index contributed by atoms with van der Waals surface area (Å²) in [6, 6.07) is 3.03. The number of aryl methyl sites for hydroxylation is 1. The van der Waals surface area contributed by atoms with Gasteiger partial charge in [0.05, 0.1) is 12.2 Å². The molecular formula is C13H13BrN2O5S. The molecule has 0 unspecified atom stereocenters. The van der Waals surface area contributed by atoms with E-state index in [0.717, 1.165) is 0 Å². The maximum Gasteiger partial charge on any atom is 0.242 e. The van der Waals surface area contributed by atoms with Crippen LogP contribution in [0, 0.1) is 6.92 Å². The Bertz CT molecular complexity index is 803. The van der Waals surface area contributed by atoms with Gasteiger partial charge in [0, 0.05) is 10.5 Å². The Morgan fingerprint density at radius 2 is 1.95 bits per heavy atom. The van der Waals surface area contributed by atoms with Gasteiger partial charge in [-0.1, -0.05) is 0 Å². The van der Waals surface area contributed by atoms with Crippen LogP contribution in [0.15, 0.2) is 32.3 Å². The smallest absolute Gasteiger partial charge is 0.242 e. The first-order chi connectivity index (χ1) is 10.5. The molecule has 0 saturated carbocycles. The summed E-state index contributed by atoms with van der Waals surface area (Å²) in [7, 11) is -3.73. The Morgan fingerprint density at radius 1 is 1.27 bits per heavy atom. The summed E-state index contributed by atoms with van der Waals surface area (Å²) >= 11 is 3.26. The molecule has 1 aliphatic heterocycles. The number of oxazole rings is 1. The Balaban J connectivity index is 1.87. The molecule has 9 heteroatoms. The van der Waals surface area contributed by atoms with E-state index in [1.807, 2.05) is 0 Å². The highest BCUT2D eigenvalue weighted by Gasteiger charge is 2.23. The Kier molecular flexibility index (Phi) is 4.11. The Hall–Kier alpha value is -1.58. The van der Waals surface area contributed by atoms with E-state index in [1.54, 1.807) is 13.0 Å². The third-order valence-electron chi connectivity index (χ3n) is 3.16. The molecule has 1 aliphatic rings. The molecule has 2 heterocycles. The van der Waals surface area contributed by atoms with Crippen LogP contribution < -0.4 is 14.2 Å². The number of hydrogen-bond donors (Lipinski definition) is 1. The first kappa shape index (κ1) is 15.3. The van der Waals surface area contributed by atoms with Crippen LogP contribution in [0.2, 0.25) is 0 Å². The van der Waals surface area contributed by atoms with Crippen LogP contribution >= 0.6 is 15.9 Å². The molecular weight excluding hydrogens is 376 g/mol. The largest absolute Gasteiger partial charge is 0.486 e. The second-order valence-electron chi connectivity index (χ2n) is 4.61. The number of nitrogens with zero attached hydrogens (tertiary/aromatic N) is 1. The van der Waals surface area contributed by atoms with E-state index in [2.05, 4.69) is 25.6 Å². The third-order valence-corrected chi connectivity index (χ3v) is 5.52. The van der Waals surface area contributed by atoms with E-state index in [9.17, 15) is 8.42 Å². The maximum atomic E-state index is 12.4. The van der Waals surface area contributed by atoms with Crippen LogP contribution in [0.1, 0.15) is 11.5 Å². The lowest BCUT2D eigenvalue weighted by atomic mass is 10.3. The van der Waals surface area contributed by atoms with Crippen molar-refractivity contribution in [2.75, 3.05) is 13.2 Å². The molecule has 0 spiro atoms. The zero-order chi connectivity index (χ0) is 15.7. The van der Waals surface area contributed by atoms with Crippen LogP contribution in [0.25, 0.3) is 0 Å². The molecule has 1 aromatic heterocycles. The molecule has 2 aromatic rings. The monoisotopic (exact) mass is 388 g/mol. The fourth-order valence-electron chi connectivity index (χ4n) is 1.99. The average Bonchev–Trinajstić information content (AvgIpc) is 2.90. The van der Waals surface area contributed by atoms with Gasteiger partial charge < -0.3 is 13.9 Å². The minimum absolute atomic E-state index is 0.0472. The summed E-state index contributed by atoms with van der Waals surface area (Å²) in [5.74, 6) is 1.50. The van der Waals surface area contributed by atoms with Gasteiger partial charge in [-0.2, -0.15) is 0 Å². The second-order valence-corrected chi connectivity index (χ2v) is 7.20. The van der Waals surface area contributed by atoms with E-state index in [-0.39, 0.29) is 11.4 Å². The number of sulfonamides is 1. The molecule has 1 aromatic carbocycles. The van der Waals surface area contributed by atoms with Gasteiger partial charge in [0.2, 0.25) is 10.0 Å². The molecule has 1 N–H and O–H groups in total. The van der Waals surface area contributed by atoms with E-state index < -0.39 is 10.0 Å². The summed E-state index contributed by atoms with van der Waals surface area (Å²) in [5.41, 5.74) is 0.539. The minimum atomic E-state index is -3.73. The molecule has 22 heavy (non-hydrogen) atoms. The number of benzene rings is 1. The highest BCUT2D eigenvalue weighted by atomic mass is 79.9. The van der Waals surface area contributed by atoms with Crippen molar-refractivity contribution in [2.45, 2.75) is 18.4 Å². The van der Waals surface area contributed by atoms with E-state index in [4.69, 9.17) is 13.9 Å². The van der Waals surface area contributed by atoms with Crippen molar-refractivity contribution in [2.24, 2.45) is 0 Å². The number of ether oxygens (including phenoxy) is 2. The minimum Gasteiger partial charge on any atom is -0.486 e. The lowest BCUT2D eigenvalue weighted by molar-refractivity contribution is 0.171. The van der Waals surface area contributed by atoms with Crippen molar-refractivity contribution in [1.82, 2.24) is 9.71 Å². The standard InChI is InChI=1S/C13H13BrN2O5S/c1-8-10(15-7-21-8)6-16-22(17,18)13-5-12-11(4-9(13)14)19-2-3-20-12/h4-5,7,16H,2-3,6H2,1H3. The van der Waals surface area contributed by atoms with Gasteiger partial charge in [0.25, 0.3) is 0 Å². The third kappa shape index (κ3) is 2.96. The van der Waals surface area contributed by atoms with Crippen molar-refractivity contribution in [3.05, 3.63) is 34.5 Å². The lowest BCUT2D eigenvalue weighted by Gasteiger charge is -2.20. The highest BCUT2D eigenvalue weighted by molar-refractivity contribution is 9.10. The molecule has 0 fully saturated rings. The molecule has 118 valence electrons. The van der Waals surface area contributed by atoms with Gasteiger partial charge in [-0.3, -0.25) is 0 Å². The quantitative estimate of drug-likeness (QED) is 0.860. The summed E-state index contributed by atoms with van der Waals surface area (Å²) in [5, 5.41) is 0. The van der Waals surface area contributed by atoms with E-state index in [0.29, 0.717) is 40.6 Å². The van der Waals surface area contributed by atoms with Gasteiger partial charge in [-0.05, 0) is 28.9 Å². The van der Waals surface area contributed by atoms with Crippen LogP contribution in [-0.2, 0) is 16.6 Å². The van der Waals surface area contributed by atoms with Gasteiger partial charge in [0.15, 0.2) is 17.9 Å². The van der Waals surface area contributed by atoms with E-state index >= 15 is 0 Å². The van der Waals surface area contributed by atoms with Gasteiger partial charge in [-0.15, -0.1) is 0 Å². The van der Waals surface area contributed by atoms with Crippen LogP contribution in [0.3, 0.4) is 0 Å². The summed E-state index contributed by atoms with van der Waals surface area (Å²) in [6.07, 6.45) is 1.28. The normalized spacial score (nSPS) is 14.1. The topological polar surface area (TPSA) is 90.7 Å². The van der Waals surface area contributed by atoms with Gasteiger partial charge in [0.1, 0.15) is 23.9 Å². The summed E-state index contributed by atoms with van der Waals surface area (Å²) in [4.78, 5) is 4.04. The maximum absolute atomic E-state index is 12.4. The molecule has 7 nitrogen and oxygen atoms in total. The SMILES string of the molecule is Cc1ocnc1CNS(=O)(=O)c1cc2c(cc1Br)OCCO2. The first-order valence-corrected chi connectivity index (χ1v) is 8.73. The molecule has 0 radical (unpaired) electrons. The van der Waals surface area contributed by atoms with Crippen LogP contribution in [-0.4, -0.2) is 26.6 Å². The average molecular weight is 389 g/mol. The number of rotatable bonds is 4. The summed E-state index contributed by atoms with van der Waals surface area (Å²) in [6.45, 7) is 2.59. The number of fused-ring (bicyclic) bond motifs is 1. The molecule has 0 saturated heterocycles. The van der Waals surface area contributed by atoms with Crippen molar-refractivity contribution < 1.29 is 22.3 Å². The zero-order valence-electron chi connectivity index (χ0n) is 11.6. The number of aromatic nitrogens is 1. The van der Waals surface area contributed by atoms with Crippen molar-refractivity contribution >= 4 is 26.0 Å². The van der Waals surface area contributed by atoms with Gasteiger partial charge in [-0.25, -0.2) is 18.1 Å². The van der Waals surface area contributed by atoms with Crippen LogP contribution in [0.4, 0.5) is 0 Å². The number of halogens is 1. The molecule has 0 atom stereocenters. The molecule has 0 bridgehead atoms. The lowest BCUT2D eigenvalue weighted by Crippen LogP contribution is -2.24. The predicted molar refractivity (Wildman–Crippen MR) is 80.4 cm³/mol. The number of hydrogen-bond acceptors (Lipinski definition) is 6. The summed E-state index contributed by atoms with van der Waals surface area (Å²) < 4.78 is 43.7. The molecule has 0 amide bonds. The number of nitrogens with one attached hydrogen (secondary N) is 1. The first-order valence-electron chi connectivity index (χ1n) is 6.45. The van der Waals surface area contributed by atoms with Gasteiger partial charge >= 0.3 is 0 Å². The van der Waals surface area contributed by atoms with Crippen molar-refractivity contribution in [3.8, 4) is 11.5 Å². The Labute approximate surface area is 135 Å². The fraction of sp³-hybridized carbons (Fsp3) is 0.308. The predicted octanol–water partition coefficient (Wildman–Crippen LogP) is 2.00. The Morgan fingerprint density at radius 3 is 2.59 bits per heavy atom. The van der Waals surface area contributed by atoms with Crippen LogP contribution in [0.5, 0.6) is 11.5 Å². The second kappa shape index (κ2) is 5.90.